The summed E-state index contributed by atoms with van der Waals surface area (Å²) in [6, 6.07) is 7.29. The standard InChI is InChI=1S/C14H11F3N2S/c15-10-3-4-11(16)13(6-10)20-7-9-2-1-8(14(18)19)5-12(9)17/h1-6H,7H2,(H3,18,19). The van der Waals surface area contributed by atoms with Crippen LogP contribution in [0.1, 0.15) is 11.1 Å². The van der Waals surface area contributed by atoms with Crippen LogP contribution in [0.15, 0.2) is 41.3 Å². The van der Waals surface area contributed by atoms with Crippen molar-refractivity contribution in [2.75, 3.05) is 0 Å². The summed E-state index contributed by atoms with van der Waals surface area (Å²) in [5.74, 6) is -1.68. The highest BCUT2D eigenvalue weighted by atomic mass is 32.2. The van der Waals surface area contributed by atoms with Gasteiger partial charge in [0.1, 0.15) is 23.3 Å². The molecule has 6 heteroatoms. The minimum atomic E-state index is -0.544. The highest BCUT2D eigenvalue weighted by Gasteiger charge is 2.09. The second-order valence-electron chi connectivity index (χ2n) is 4.08. The minimum absolute atomic E-state index is 0.125. The Morgan fingerprint density at radius 1 is 1.05 bits per heavy atom. The van der Waals surface area contributed by atoms with E-state index in [4.69, 9.17) is 11.1 Å². The molecule has 0 aromatic heterocycles. The largest absolute Gasteiger partial charge is 0.384 e. The zero-order valence-corrected chi connectivity index (χ0v) is 11.1. The Hall–Kier alpha value is -1.95. The lowest BCUT2D eigenvalue weighted by Crippen LogP contribution is -2.11. The van der Waals surface area contributed by atoms with Crippen LogP contribution in [0.5, 0.6) is 0 Å². The summed E-state index contributed by atoms with van der Waals surface area (Å²) in [5.41, 5.74) is 5.88. The first-order valence-electron chi connectivity index (χ1n) is 5.68. The zero-order valence-electron chi connectivity index (χ0n) is 10.3. The molecule has 2 rings (SSSR count). The zero-order chi connectivity index (χ0) is 14.7. The maximum absolute atomic E-state index is 13.8. The van der Waals surface area contributed by atoms with E-state index in [2.05, 4.69) is 0 Å². The first kappa shape index (κ1) is 14.5. The van der Waals surface area contributed by atoms with E-state index in [1.165, 1.54) is 12.1 Å². The molecule has 0 unspecified atom stereocenters. The van der Waals surface area contributed by atoms with Gasteiger partial charge in [-0.2, -0.15) is 0 Å². The van der Waals surface area contributed by atoms with Crippen LogP contribution in [0, 0.1) is 22.9 Å². The lowest BCUT2D eigenvalue weighted by atomic mass is 10.1. The van der Waals surface area contributed by atoms with Gasteiger partial charge in [-0.15, -0.1) is 11.8 Å². The molecule has 2 aromatic rings. The number of nitrogen functional groups attached to an aromatic ring is 1. The van der Waals surface area contributed by atoms with Gasteiger partial charge in [-0.3, -0.25) is 5.41 Å². The average Bonchev–Trinajstić information content (AvgIpc) is 2.40. The van der Waals surface area contributed by atoms with Crippen LogP contribution in [0.25, 0.3) is 0 Å². The summed E-state index contributed by atoms with van der Waals surface area (Å²) in [5, 5.41) is 7.21. The molecular formula is C14H11F3N2S. The van der Waals surface area contributed by atoms with E-state index in [-0.39, 0.29) is 22.0 Å². The molecule has 2 nitrogen and oxygen atoms in total. The SMILES string of the molecule is N=C(N)c1ccc(CSc2cc(F)ccc2F)c(F)c1. The molecule has 0 aliphatic carbocycles. The summed E-state index contributed by atoms with van der Waals surface area (Å²) >= 11 is 1.00. The number of hydrogen-bond acceptors (Lipinski definition) is 2. The fraction of sp³-hybridized carbons (Fsp3) is 0.0714. The van der Waals surface area contributed by atoms with Crippen molar-refractivity contribution in [3.8, 4) is 0 Å². The summed E-state index contributed by atoms with van der Waals surface area (Å²) in [4.78, 5) is 0.125. The number of thioether (sulfide) groups is 1. The van der Waals surface area contributed by atoms with E-state index in [1.54, 1.807) is 0 Å². The molecule has 0 radical (unpaired) electrons. The smallest absolute Gasteiger partial charge is 0.136 e. The Balaban J connectivity index is 2.15. The van der Waals surface area contributed by atoms with Crippen molar-refractivity contribution >= 4 is 17.6 Å². The molecule has 0 saturated heterocycles. The normalized spacial score (nSPS) is 10.6. The molecular weight excluding hydrogens is 285 g/mol. The molecule has 104 valence electrons. The van der Waals surface area contributed by atoms with Gasteiger partial charge in [0.15, 0.2) is 0 Å². The van der Waals surface area contributed by atoms with Crippen LogP contribution in [-0.2, 0) is 5.75 Å². The Kier molecular flexibility index (Phi) is 4.34. The third-order valence-electron chi connectivity index (χ3n) is 2.64. The third-order valence-corrected chi connectivity index (χ3v) is 3.72. The molecule has 0 spiro atoms. The van der Waals surface area contributed by atoms with Crippen LogP contribution < -0.4 is 5.73 Å². The van der Waals surface area contributed by atoms with Gasteiger partial charge >= 0.3 is 0 Å². The maximum atomic E-state index is 13.8. The van der Waals surface area contributed by atoms with Crippen molar-refractivity contribution in [2.45, 2.75) is 10.6 Å². The van der Waals surface area contributed by atoms with Gasteiger partial charge in [0.05, 0.1) is 0 Å². The van der Waals surface area contributed by atoms with Crippen molar-refractivity contribution in [3.05, 3.63) is 65.0 Å². The van der Waals surface area contributed by atoms with E-state index in [0.717, 1.165) is 36.0 Å². The second-order valence-corrected chi connectivity index (χ2v) is 5.10. The molecule has 0 saturated carbocycles. The minimum Gasteiger partial charge on any atom is -0.384 e. The summed E-state index contributed by atoms with van der Waals surface area (Å²) < 4.78 is 40.2. The van der Waals surface area contributed by atoms with E-state index < -0.39 is 17.5 Å². The molecule has 3 N–H and O–H groups in total. The molecule has 0 heterocycles. The number of rotatable bonds is 4. The molecule has 20 heavy (non-hydrogen) atoms. The van der Waals surface area contributed by atoms with Crippen molar-refractivity contribution in [2.24, 2.45) is 5.73 Å². The molecule has 0 amide bonds. The van der Waals surface area contributed by atoms with Crippen molar-refractivity contribution < 1.29 is 13.2 Å². The Bertz CT molecular complexity index is 659. The maximum Gasteiger partial charge on any atom is 0.136 e. The summed E-state index contributed by atoms with van der Waals surface area (Å²) in [6.07, 6.45) is 0. The monoisotopic (exact) mass is 296 g/mol. The van der Waals surface area contributed by atoms with Gasteiger partial charge in [-0.05, 0) is 29.8 Å². The molecule has 0 aliphatic rings. The highest BCUT2D eigenvalue weighted by molar-refractivity contribution is 7.98. The van der Waals surface area contributed by atoms with Crippen molar-refractivity contribution in [1.29, 1.82) is 5.41 Å². The fourth-order valence-electron chi connectivity index (χ4n) is 1.58. The van der Waals surface area contributed by atoms with Gasteiger partial charge in [0.25, 0.3) is 0 Å². The lowest BCUT2D eigenvalue weighted by Gasteiger charge is -2.06. The predicted molar refractivity (Wildman–Crippen MR) is 73.3 cm³/mol. The van der Waals surface area contributed by atoms with E-state index in [1.807, 2.05) is 0 Å². The number of halogens is 3. The summed E-state index contributed by atoms with van der Waals surface area (Å²) in [7, 11) is 0. The number of hydrogen-bond donors (Lipinski definition) is 2. The number of amidine groups is 1. The first-order valence-corrected chi connectivity index (χ1v) is 6.66. The van der Waals surface area contributed by atoms with Crippen LogP contribution in [-0.4, -0.2) is 5.84 Å². The quantitative estimate of drug-likeness (QED) is 0.513. The number of nitrogens with one attached hydrogen (secondary N) is 1. The predicted octanol–water partition coefficient (Wildman–Crippen LogP) is 3.68. The van der Waals surface area contributed by atoms with Crippen LogP contribution in [0.3, 0.4) is 0 Å². The molecule has 0 fully saturated rings. The van der Waals surface area contributed by atoms with E-state index in [0.29, 0.717) is 5.56 Å². The Morgan fingerprint density at radius 2 is 1.80 bits per heavy atom. The van der Waals surface area contributed by atoms with Gasteiger partial charge in [-0.1, -0.05) is 12.1 Å². The van der Waals surface area contributed by atoms with Crippen molar-refractivity contribution in [3.63, 3.8) is 0 Å². The van der Waals surface area contributed by atoms with Gasteiger partial charge in [0.2, 0.25) is 0 Å². The third kappa shape index (κ3) is 3.33. The van der Waals surface area contributed by atoms with Gasteiger partial charge < -0.3 is 5.73 Å². The average molecular weight is 296 g/mol. The molecule has 0 atom stereocenters. The first-order chi connectivity index (χ1) is 9.47. The van der Waals surface area contributed by atoms with Gasteiger partial charge in [0, 0.05) is 16.2 Å². The molecule has 2 aromatic carbocycles. The lowest BCUT2D eigenvalue weighted by molar-refractivity contribution is 0.577. The number of nitrogens with two attached hydrogens (primary N) is 1. The van der Waals surface area contributed by atoms with E-state index >= 15 is 0 Å². The highest BCUT2D eigenvalue weighted by Crippen LogP contribution is 2.27. The number of benzene rings is 2. The second kappa shape index (κ2) is 6.00. The molecule has 0 aliphatic heterocycles. The van der Waals surface area contributed by atoms with Crippen molar-refractivity contribution in [1.82, 2.24) is 0 Å². The van der Waals surface area contributed by atoms with Crippen LogP contribution in [0.2, 0.25) is 0 Å². The van der Waals surface area contributed by atoms with Crippen LogP contribution >= 0.6 is 11.8 Å². The van der Waals surface area contributed by atoms with E-state index in [9.17, 15) is 13.2 Å². The summed E-state index contributed by atoms with van der Waals surface area (Å²) in [6.45, 7) is 0. The fourth-order valence-corrected chi connectivity index (χ4v) is 2.52. The van der Waals surface area contributed by atoms with Gasteiger partial charge in [-0.25, -0.2) is 13.2 Å². The Morgan fingerprint density at radius 3 is 2.45 bits per heavy atom. The van der Waals surface area contributed by atoms with Crippen LogP contribution in [0.4, 0.5) is 13.2 Å². The Labute approximate surface area is 118 Å². The molecule has 0 bridgehead atoms. The topological polar surface area (TPSA) is 49.9 Å².